The van der Waals surface area contributed by atoms with E-state index in [9.17, 15) is 22.4 Å². The second kappa shape index (κ2) is 7.48. The molecule has 1 unspecified atom stereocenters. The molecule has 5 nitrogen and oxygen atoms in total. The van der Waals surface area contributed by atoms with Gasteiger partial charge in [0.2, 0.25) is 0 Å². The predicted molar refractivity (Wildman–Crippen MR) is 104 cm³/mol. The first kappa shape index (κ1) is 20.5. The van der Waals surface area contributed by atoms with Gasteiger partial charge in [-0.05, 0) is 36.4 Å². The molecule has 0 fully saturated rings. The van der Waals surface area contributed by atoms with Crippen LogP contribution in [0.1, 0.15) is 22.8 Å². The van der Waals surface area contributed by atoms with E-state index in [0.717, 1.165) is 11.8 Å². The maximum absolute atomic E-state index is 13.2. The molecule has 4 rings (SSSR count). The fourth-order valence-corrected chi connectivity index (χ4v) is 4.04. The third-order valence-corrected chi connectivity index (χ3v) is 5.49. The molecule has 0 aromatic heterocycles. The number of nitrogens with zero attached hydrogens (tertiary/aromatic N) is 2. The summed E-state index contributed by atoms with van der Waals surface area (Å²) in [5.74, 6) is -1.08. The van der Waals surface area contributed by atoms with Gasteiger partial charge in [0.05, 0.1) is 39.8 Å². The second-order valence-corrected chi connectivity index (χ2v) is 7.54. The number of benzene rings is 2. The highest BCUT2D eigenvalue weighted by Gasteiger charge is 2.38. The fourth-order valence-electron chi connectivity index (χ4n) is 3.73. The summed E-state index contributed by atoms with van der Waals surface area (Å²) in [7, 11) is 0. The summed E-state index contributed by atoms with van der Waals surface area (Å²) < 4.78 is 52.6. The van der Waals surface area contributed by atoms with Crippen molar-refractivity contribution >= 4 is 23.2 Å². The van der Waals surface area contributed by atoms with Gasteiger partial charge in [0.1, 0.15) is 5.82 Å². The van der Waals surface area contributed by atoms with Crippen molar-refractivity contribution in [2.75, 3.05) is 18.1 Å². The normalized spacial score (nSPS) is 19.1. The van der Waals surface area contributed by atoms with Gasteiger partial charge in [0, 0.05) is 12.5 Å². The van der Waals surface area contributed by atoms with Crippen molar-refractivity contribution in [2.45, 2.75) is 13.1 Å². The number of hydrogen-bond acceptors (Lipinski definition) is 4. The summed E-state index contributed by atoms with van der Waals surface area (Å²) in [5, 5.41) is 1.16. The minimum Gasteiger partial charge on any atom is -0.332 e. The molecule has 10 heteroatoms. The molecule has 0 spiro atoms. The van der Waals surface area contributed by atoms with Gasteiger partial charge < -0.3 is 10.3 Å². The number of hydrazine groups is 2. The summed E-state index contributed by atoms with van der Waals surface area (Å²) in [6, 6.07) is 9.23. The average Bonchev–Trinajstić information content (AvgIpc) is 3.12. The topological polar surface area (TPSA) is 47.6 Å². The minimum atomic E-state index is -4.65. The first-order chi connectivity index (χ1) is 14.2. The monoisotopic (exact) mass is 440 g/mol. The standard InChI is InChI=1S/C20H17ClF4N4O/c1-11-9-28(19(30)14-3-2-4-15(17(14)21)20(23,24)25)10-16-18(11)29(27-26-16)13-7-5-12(22)6-8-13/h2-8,11,26-27H,9-10H2,1H3. The van der Waals surface area contributed by atoms with Crippen molar-refractivity contribution in [1.82, 2.24) is 15.9 Å². The molecule has 0 bridgehead atoms. The number of hydrogen-bond donors (Lipinski definition) is 2. The molecular formula is C20H17ClF4N4O. The van der Waals surface area contributed by atoms with Crippen LogP contribution in [0.15, 0.2) is 53.9 Å². The smallest absolute Gasteiger partial charge is 0.332 e. The maximum atomic E-state index is 13.2. The molecular weight excluding hydrogens is 424 g/mol. The fraction of sp³-hybridized carbons (Fsp3) is 0.250. The van der Waals surface area contributed by atoms with Gasteiger partial charge >= 0.3 is 6.18 Å². The summed E-state index contributed by atoms with van der Waals surface area (Å²) in [6.45, 7) is 2.34. The Morgan fingerprint density at radius 3 is 2.53 bits per heavy atom. The number of alkyl halides is 3. The lowest BCUT2D eigenvalue weighted by atomic mass is 9.99. The Bertz CT molecular complexity index is 1020. The van der Waals surface area contributed by atoms with Gasteiger partial charge in [0.15, 0.2) is 0 Å². The van der Waals surface area contributed by atoms with Crippen molar-refractivity contribution in [2.24, 2.45) is 5.92 Å². The molecule has 30 heavy (non-hydrogen) atoms. The number of carbonyl (C=O) groups excluding carboxylic acids is 1. The van der Waals surface area contributed by atoms with Crippen LogP contribution in [0.5, 0.6) is 0 Å². The lowest BCUT2D eigenvalue weighted by Crippen LogP contribution is -2.42. The van der Waals surface area contributed by atoms with Crippen LogP contribution in [0.4, 0.5) is 23.2 Å². The van der Waals surface area contributed by atoms with E-state index < -0.39 is 22.7 Å². The third kappa shape index (κ3) is 3.59. The van der Waals surface area contributed by atoms with Gasteiger partial charge in [-0.25, -0.2) is 4.39 Å². The molecule has 1 amide bonds. The molecule has 0 saturated carbocycles. The largest absolute Gasteiger partial charge is 0.417 e. The molecule has 158 valence electrons. The Morgan fingerprint density at radius 2 is 1.87 bits per heavy atom. The summed E-state index contributed by atoms with van der Waals surface area (Å²) in [5.41, 5.74) is 7.03. The molecule has 1 atom stereocenters. The summed E-state index contributed by atoms with van der Waals surface area (Å²) in [4.78, 5) is 14.4. The Balaban J connectivity index is 1.60. The summed E-state index contributed by atoms with van der Waals surface area (Å²) >= 11 is 5.92. The Kier molecular flexibility index (Phi) is 5.11. The van der Waals surface area contributed by atoms with E-state index in [-0.39, 0.29) is 30.4 Å². The van der Waals surface area contributed by atoms with Gasteiger partial charge in [-0.15, -0.1) is 5.53 Å². The van der Waals surface area contributed by atoms with Gasteiger partial charge in [-0.3, -0.25) is 9.80 Å². The number of anilines is 1. The van der Waals surface area contributed by atoms with Crippen LogP contribution in [-0.4, -0.2) is 23.9 Å². The van der Waals surface area contributed by atoms with Crippen molar-refractivity contribution in [3.63, 3.8) is 0 Å². The van der Waals surface area contributed by atoms with Crippen molar-refractivity contribution < 1.29 is 22.4 Å². The zero-order valence-corrected chi connectivity index (χ0v) is 16.5. The zero-order valence-electron chi connectivity index (χ0n) is 15.7. The SMILES string of the molecule is CC1CN(C(=O)c2cccc(C(F)(F)F)c2Cl)CC2=C1N(c1ccc(F)cc1)NN2. The van der Waals surface area contributed by atoms with E-state index in [1.165, 1.54) is 29.2 Å². The molecule has 0 radical (unpaired) electrons. The first-order valence-corrected chi connectivity index (χ1v) is 9.50. The van der Waals surface area contributed by atoms with E-state index in [4.69, 9.17) is 11.6 Å². The highest BCUT2D eigenvalue weighted by Crippen LogP contribution is 2.37. The van der Waals surface area contributed by atoms with Crippen LogP contribution < -0.4 is 16.0 Å². The number of rotatable bonds is 2. The molecule has 0 aliphatic carbocycles. The zero-order chi connectivity index (χ0) is 21.6. The van der Waals surface area contributed by atoms with E-state index in [1.54, 1.807) is 17.1 Å². The maximum Gasteiger partial charge on any atom is 0.417 e. The van der Waals surface area contributed by atoms with Gasteiger partial charge in [-0.2, -0.15) is 13.2 Å². The number of amides is 1. The van der Waals surface area contributed by atoms with Crippen LogP contribution >= 0.6 is 11.6 Å². The first-order valence-electron chi connectivity index (χ1n) is 9.12. The third-order valence-electron chi connectivity index (χ3n) is 5.09. The molecule has 2 aromatic rings. The Morgan fingerprint density at radius 1 is 1.17 bits per heavy atom. The Hall–Kier alpha value is -2.78. The average molecular weight is 441 g/mol. The van der Waals surface area contributed by atoms with Crippen LogP contribution in [0.25, 0.3) is 0 Å². The van der Waals surface area contributed by atoms with Crippen LogP contribution in [0.3, 0.4) is 0 Å². The molecule has 2 heterocycles. The minimum absolute atomic E-state index is 0.144. The van der Waals surface area contributed by atoms with E-state index >= 15 is 0 Å². The van der Waals surface area contributed by atoms with E-state index in [0.29, 0.717) is 11.4 Å². The number of carbonyl (C=O) groups is 1. The van der Waals surface area contributed by atoms with E-state index in [2.05, 4.69) is 11.0 Å². The highest BCUT2D eigenvalue weighted by molar-refractivity contribution is 6.34. The molecule has 2 aliphatic rings. The van der Waals surface area contributed by atoms with Crippen LogP contribution in [-0.2, 0) is 6.18 Å². The number of nitrogens with one attached hydrogen (secondary N) is 2. The quantitative estimate of drug-likeness (QED) is 0.682. The molecule has 0 saturated heterocycles. The van der Waals surface area contributed by atoms with E-state index in [1.807, 2.05) is 6.92 Å². The van der Waals surface area contributed by atoms with Crippen LogP contribution in [0, 0.1) is 11.7 Å². The molecule has 2 aromatic carbocycles. The van der Waals surface area contributed by atoms with Gasteiger partial charge in [0.25, 0.3) is 5.91 Å². The molecule has 2 aliphatic heterocycles. The number of halogens is 5. The summed E-state index contributed by atoms with van der Waals surface area (Å²) in [6.07, 6.45) is -4.65. The van der Waals surface area contributed by atoms with Crippen molar-refractivity contribution in [3.8, 4) is 0 Å². The predicted octanol–water partition coefficient (Wildman–Crippen LogP) is 4.33. The second-order valence-electron chi connectivity index (χ2n) is 7.16. The molecule has 2 N–H and O–H groups in total. The lowest BCUT2D eigenvalue weighted by Gasteiger charge is -2.34. The Labute approximate surface area is 174 Å². The highest BCUT2D eigenvalue weighted by atomic mass is 35.5. The van der Waals surface area contributed by atoms with Crippen LogP contribution in [0.2, 0.25) is 5.02 Å². The van der Waals surface area contributed by atoms with Crippen molar-refractivity contribution in [3.05, 3.63) is 75.8 Å². The van der Waals surface area contributed by atoms with Crippen molar-refractivity contribution in [1.29, 1.82) is 0 Å². The van der Waals surface area contributed by atoms with Gasteiger partial charge in [-0.1, -0.05) is 24.6 Å². The lowest BCUT2D eigenvalue weighted by molar-refractivity contribution is -0.137.